The largest absolute Gasteiger partial charge is 0.508 e. The fourth-order valence-electron chi connectivity index (χ4n) is 4.87. The molecule has 3 heterocycles. The number of rotatable bonds is 6. The monoisotopic (exact) mass is 594 g/mol. The van der Waals surface area contributed by atoms with Crippen molar-refractivity contribution in [2.45, 2.75) is 68.3 Å². The summed E-state index contributed by atoms with van der Waals surface area (Å²) in [6, 6.07) is 7.31. The summed E-state index contributed by atoms with van der Waals surface area (Å²) in [5.74, 6) is -2.03. The van der Waals surface area contributed by atoms with Gasteiger partial charge in [-0.2, -0.15) is 0 Å². The molecule has 2 aliphatic heterocycles. The van der Waals surface area contributed by atoms with Gasteiger partial charge in [0.25, 0.3) is 0 Å². The molecule has 42 heavy (non-hydrogen) atoms. The Kier molecular flexibility index (Phi) is 8.30. The van der Waals surface area contributed by atoms with Crippen LogP contribution in [0.5, 0.6) is 23.0 Å². The van der Waals surface area contributed by atoms with Crippen LogP contribution in [0.15, 0.2) is 45.6 Å². The van der Waals surface area contributed by atoms with E-state index < -0.39 is 96.1 Å². The van der Waals surface area contributed by atoms with E-state index in [-0.39, 0.29) is 22.7 Å². The summed E-state index contributed by atoms with van der Waals surface area (Å²) in [7, 11) is 0. The van der Waals surface area contributed by atoms with Gasteiger partial charge in [-0.3, -0.25) is 4.79 Å². The zero-order valence-electron chi connectivity index (χ0n) is 21.9. The van der Waals surface area contributed by atoms with E-state index in [4.69, 9.17) is 23.4 Å². The number of benzene rings is 2. The van der Waals surface area contributed by atoms with Crippen LogP contribution < -0.4 is 10.2 Å². The van der Waals surface area contributed by atoms with Crippen LogP contribution in [-0.4, -0.2) is 114 Å². The minimum absolute atomic E-state index is 0.112. The first-order chi connectivity index (χ1) is 19.9. The fraction of sp³-hybridized carbons (Fsp3) is 0.444. The summed E-state index contributed by atoms with van der Waals surface area (Å²) in [6.07, 6.45) is -16.3. The molecule has 9 N–H and O–H groups in total. The molecule has 0 radical (unpaired) electrons. The van der Waals surface area contributed by atoms with Crippen LogP contribution in [0.25, 0.3) is 22.3 Å². The molecule has 2 aromatic carbocycles. The van der Waals surface area contributed by atoms with Crippen LogP contribution in [0.3, 0.4) is 0 Å². The van der Waals surface area contributed by atoms with Crippen molar-refractivity contribution in [2.24, 2.45) is 0 Å². The Morgan fingerprint density at radius 2 is 1.50 bits per heavy atom. The van der Waals surface area contributed by atoms with E-state index in [1.807, 2.05) is 0 Å². The van der Waals surface area contributed by atoms with Gasteiger partial charge in [0.15, 0.2) is 18.2 Å². The predicted molar refractivity (Wildman–Crippen MR) is 139 cm³/mol. The van der Waals surface area contributed by atoms with Crippen LogP contribution in [0.4, 0.5) is 0 Å². The second kappa shape index (κ2) is 11.6. The SMILES string of the molecule is C[C@@H]1O[C@@H](O[C@@H]2[C@@H](Oc3c(-c4ccc(O)cc4)oc4cc(O)cc(O)c4c3=O)O[C@@H](CO)[C@H](O)[C@@H]2O)[C@H](O)[C@H](O)[C@H]1O. The Balaban J connectivity index is 1.60. The topological polar surface area (TPSA) is 249 Å². The standard InChI is InChI=1S/C27H30O15/c1-9-17(32)20(35)22(37)26(38-9)42-25-21(36)18(33)15(8-28)40-27(25)41-24-19(34)16-13(31)6-12(30)7-14(16)39-23(24)10-2-4-11(29)5-3-10/h2-7,9,15,17-18,20-22,25-33,35-37H,8H2,1H3/t9-,15-,17-,18-,20+,21-,22+,25-,26-,27+/m0/s1. The Bertz CT molecular complexity index is 1470. The second-order valence-electron chi connectivity index (χ2n) is 10.1. The molecular formula is C27H30O15. The van der Waals surface area contributed by atoms with Crippen molar-refractivity contribution in [1.82, 2.24) is 0 Å². The van der Waals surface area contributed by atoms with Crippen molar-refractivity contribution in [3.63, 3.8) is 0 Å². The smallest absolute Gasteiger partial charge is 0.239 e. The van der Waals surface area contributed by atoms with Gasteiger partial charge in [0.05, 0.1) is 12.7 Å². The van der Waals surface area contributed by atoms with Crippen molar-refractivity contribution in [3.8, 4) is 34.3 Å². The molecule has 10 atom stereocenters. The highest BCUT2D eigenvalue weighted by molar-refractivity contribution is 5.88. The highest BCUT2D eigenvalue weighted by Crippen LogP contribution is 2.38. The third-order valence-corrected chi connectivity index (χ3v) is 7.21. The van der Waals surface area contributed by atoms with E-state index in [0.717, 1.165) is 12.1 Å². The first-order valence-corrected chi connectivity index (χ1v) is 12.9. The molecule has 0 bridgehead atoms. The quantitative estimate of drug-likeness (QED) is 0.159. The van der Waals surface area contributed by atoms with Gasteiger partial charge < -0.3 is 69.3 Å². The summed E-state index contributed by atoms with van der Waals surface area (Å²) in [6.45, 7) is 0.593. The molecule has 5 rings (SSSR count). The average molecular weight is 595 g/mol. The molecule has 2 fully saturated rings. The van der Waals surface area contributed by atoms with Crippen LogP contribution in [0.1, 0.15) is 6.92 Å². The average Bonchev–Trinajstić information content (AvgIpc) is 2.95. The Morgan fingerprint density at radius 3 is 2.17 bits per heavy atom. The van der Waals surface area contributed by atoms with Gasteiger partial charge in [-0.05, 0) is 31.2 Å². The maximum absolute atomic E-state index is 13.7. The lowest BCUT2D eigenvalue weighted by molar-refractivity contribution is -0.354. The number of aromatic hydroxyl groups is 3. The van der Waals surface area contributed by atoms with Crippen molar-refractivity contribution in [1.29, 1.82) is 0 Å². The Labute approximate surface area is 236 Å². The molecule has 0 saturated carbocycles. The Morgan fingerprint density at radius 1 is 0.810 bits per heavy atom. The van der Waals surface area contributed by atoms with E-state index in [2.05, 4.69) is 0 Å². The molecule has 0 aliphatic carbocycles. The molecule has 2 aliphatic rings. The maximum Gasteiger partial charge on any atom is 0.239 e. The van der Waals surface area contributed by atoms with E-state index in [9.17, 15) is 50.8 Å². The number of fused-ring (bicyclic) bond motifs is 1. The number of aliphatic hydroxyl groups is 6. The number of phenolic OH excluding ortho intramolecular Hbond substituents is 3. The fourth-order valence-corrected chi connectivity index (χ4v) is 4.87. The van der Waals surface area contributed by atoms with Crippen LogP contribution >= 0.6 is 0 Å². The van der Waals surface area contributed by atoms with Gasteiger partial charge in [-0.15, -0.1) is 0 Å². The molecule has 0 spiro atoms. The van der Waals surface area contributed by atoms with E-state index in [0.29, 0.717) is 0 Å². The molecule has 0 unspecified atom stereocenters. The summed E-state index contributed by atoms with van der Waals surface area (Å²) >= 11 is 0. The number of aliphatic hydroxyl groups excluding tert-OH is 6. The van der Waals surface area contributed by atoms with Gasteiger partial charge in [0.1, 0.15) is 64.8 Å². The number of phenols is 3. The minimum Gasteiger partial charge on any atom is -0.508 e. The van der Waals surface area contributed by atoms with Crippen LogP contribution in [0, 0.1) is 0 Å². The summed E-state index contributed by atoms with van der Waals surface area (Å²) in [5.41, 5.74) is -0.995. The Hall–Kier alpha value is -3.51. The lowest BCUT2D eigenvalue weighted by Gasteiger charge is -2.45. The third-order valence-electron chi connectivity index (χ3n) is 7.21. The lowest BCUT2D eigenvalue weighted by atomic mass is 9.97. The second-order valence-corrected chi connectivity index (χ2v) is 10.1. The van der Waals surface area contributed by atoms with Crippen molar-refractivity contribution >= 4 is 11.0 Å². The van der Waals surface area contributed by atoms with Crippen LogP contribution in [0.2, 0.25) is 0 Å². The zero-order chi connectivity index (χ0) is 30.5. The summed E-state index contributed by atoms with van der Waals surface area (Å²) in [4.78, 5) is 13.7. The lowest BCUT2D eigenvalue weighted by Crippen LogP contribution is -2.64. The van der Waals surface area contributed by atoms with Gasteiger partial charge in [-0.1, -0.05) is 0 Å². The predicted octanol–water partition coefficient (Wildman–Crippen LogP) is -1.39. The van der Waals surface area contributed by atoms with Crippen molar-refractivity contribution in [2.75, 3.05) is 6.61 Å². The molecule has 0 amide bonds. The molecule has 15 nitrogen and oxygen atoms in total. The van der Waals surface area contributed by atoms with E-state index >= 15 is 0 Å². The summed E-state index contributed by atoms with van der Waals surface area (Å²) < 4.78 is 28.5. The molecule has 1 aromatic heterocycles. The highest BCUT2D eigenvalue weighted by atomic mass is 16.8. The first kappa shape index (κ1) is 30.0. The number of hydrogen-bond acceptors (Lipinski definition) is 15. The third kappa shape index (κ3) is 5.37. The highest BCUT2D eigenvalue weighted by Gasteiger charge is 2.51. The number of hydrogen-bond donors (Lipinski definition) is 9. The van der Waals surface area contributed by atoms with Gasteiger partial charge in [0.2, 0.25) is 17.5 Å². The van der Waals surface area contributed by atoms with E-state index in [1.54, 1.807) is 0 Å². The molecular weight excluding hydrogens is 564 g/mol. The molecule has 228 valence electrons. The first-order valence-electron chi connectivity index (χ1n) is 12.9. The van der Waals surface area contributed by atoms with E-state index in [1.165, 1.54) is 31.2 Å². The zero-order valence-corrected chi connectivity index (χ0v) is 21.9. The normalized spacial score (nSPS) is 33.5. The maximum atomic E-state index is 13.7. The van der Waals surface area contributed by atoms with Crippen LogP contribution in [-0.2, 0) is 14.2 Å². The molecule has 15 heteroatoms. The summed E-state index contributed by atoms with van der Waals surface area (Å²) in [5, 5.41) is 91.6. The van der Waals surface area contributed by atoms with Gasteiger partial charge in [0, 0.05) is 17.7 Å². The van der Waals surface area contributed by atoms with Crippen molar-refractivity contribution < 1.29 is 69.3 Å². The van der Waals surface area contributed by atoms with Gasteiger partial charge in [-0.25, -0.2) is 0 Å². The number of ether oxygens (including phenoxy) is 4. The van der Waals surface area contributed by atoms with Gasteiger partial charge >= 0.3 is 0 Å². The van der Waals surface area contributed by atoms with Crippen molar-refractivity contribution in [3.05, 3.63) is 46.6 Å². The minimum atomic E-state index is -1.87. The molecule has 3 aromatic rings. The molecule has 2 saturated heterocycles.